The topological polar surface area (TPSA) is 106 Å². The number of amides is 1. The van der Waals surface area contributed by atoms with Gasteiger partial charge < -0.3 is 15.8 Å². The number of carbonyl (C=O) groups excluding carboxylic acids is 1. The van der Waals surface area contributed by atoms with E-state index in [1.54, 1.807) is 0 Å². The highest BCUT2D eigenvalue weighted by atomic mass is 32.2. The van der Waals surface area contributed by atoms with Gasteiger partial charge in [0, 0.05) is 29.5 Å². The first-order valence-corrected chi connectivity index (χ1v) is 15.2. The Hall–Kier alpha value is -2.91. The molecule has 1 aliphatic heterocycles. The van der Waals surface area contributed by atoms with Crippen LogP contribution in [0.3, 0.4) is 0 Å². The third-order valence-electron chi connectivity index (χ3n) is 8.18. The maximum atomic E-state index is 13.0. The van der Waals surface area contributed by atoms with Crippen molar-refractivity contribution in [2.75, 3.05) is 18.5 Å². The number of nitrogens with two attached hydrogens (primary N) is 1. The van der Waals surface area contributed by atoms with E-state index in [9.17, 15) is 9.00 Å². The minimum atomic E-state index is -0.892. The lowest BCUT2D eigenvalue weighted by Crippen LogP contribution is -2.54. The van der Waals surface area contributed by atoms with E-state index < -0.39 is 16.5 Å². The number of benzene rings is 2. The minimum absolute atomic E-state index is 0.00691. The molecule has 2 aromatic carbocycles. The number of pyridine rings is 1. The second-order valence-electron chi connectivity index (χ2n) is 11.3. The molecule has 1 saturated heterocycles. The summed E-state index contributed by atoms with van der Waals surface area (Å²) in [6.07, 6.45) is 8.36. The van der Waals surface area contributed by atoms with Crippen molar-refractivity contribution in [3.63, 3.8) is 0 Å². The number of aromatic nitrogens is 1. The van der Waals surface area contributed by atoms with Gasteiger partial charge in [-0.3, -0.25) is 4.79 Å². The molecule has 3 fully saturated rings. The van der Waals surface area contributed by atoms with Crippen molar-refractivity contribution in [2.24, 2.45) is 11.7 Å². The standard InChI is InChI=1S/C31H36N4O3S/c32-31(19-38-20-31)24-10-8-23(9-11-24)28-18-33-29(17-27(28)22-4-2-1-3-5-22)34-30(36)16-21-6-12-25(13-7-21)35-39(37)26-14-15-26/h1-5,8-11,17-18,21,25-26,35H,6-7,12-16,19-20,32H2,(H,33,34,36). The molecule has 7 nitrogen and oxygen atoms in total. The van der Waals surface area contributed by atoms with Crippen LogP contribution in [0.1, 0.15) is 50.5 Å². The first kappa shape index (κ1) is 26.3. The Kier molecular flexibility index (Phi) is 7.62. The Bertz CT molecular complexity index is 1330. The van der Waals surface area contributed by atoms with Gasteiger partial charge in [-0.1, -0.05) is 54.6 Å². The summed E-state index contributed by atoms with van der Waals surface area (Å²) in [5.74, 6) is 0.894. The Balaban J connectivity index is 1.13. The van der Waals surface area contributed by atoms with Crippen LogP contribution in [0.15, 0.2) is 66.9 Å². The van der Waals surface area contributed by atoms with Crippen LogP contribution in [-0.2, 0) is 26.1 Å². The number of carbonyl (C=O) groups is 1. The Morgan fingerprint density at radius 2 is 1.64 bits per heavy atom. The van der Waals surface area contributed by atoms with Crippen LogP contribution < -0.4 is 15.8 Å². The highest BCUT2D eigenvalue weighted by molar-refractivity contribution is 7.84. The molecule has 2 aliphatic carbocycles. The van der Waals surface area contributed by atoms with E-state index in [2.05, 4.69) is 51.4 Å². The molecule has 0 spiro atoms. The van der Waals surface area contributed by atoms with Crippen LogP contribution in [0.2, 0.25) is 0 Å². The summed E-state index contributed by atoms with van der Waals surface area (Å²) in [4.78, 5) is 17.6. The van der Waals surface area contributed by atoms with Crippen molar-refractivity contribution in [1.29, 1.82) is 0 Å². The van der Waals surface area contributed by atoms with E-state index in [1.165, 1.54) is 0 Å². The molecule has 0 bridgehead atoms. The zero-order valence-corrected chi connectivity index (χ0v) is 22.9. The van der Waals surface area contributed by atoms with Gasteiger partial charge in [-0.05, 0) is 72.8 Å². The fourth-order valence-corrected chi connectivity index (χ4v) is 6.88. The number of ether oxygens (including phenoxy) is 1. The van der Waals surface area contributed by atoms with E-state index >= 15 is 0 Å². The number of hydrogen-bond acceptors (Lipinski definition) is 5. The molecule has 3 aliphatic rings. The fraction of sp³-hybridized carbons (Fsp3) is 0.419. The number of hydrogen-bond donors (Lipinski definition) is 3. The molecule has 204 valence electrons. The Morgan fingerprint density at radius 1 is 0.949 bits per heavy atom. The van der Waals surface area contributed by atoms with Gasteiger partial charge in [0.1, 0.15) is 5.82 Å². The third-order valence-corrected chi connectivity index (χ3v) is 9.82. The smallest absolute Gasteiger partial charge is 0.225 e. The first-order valence-electron chi connectivity index (χ1n) is 14.0. The lowest BCUT2D eigenvalue weighted by atomic mass is 9.84. The molecule has 1 aromatic heterocycles. The molecule has 2 saturated carbocycles. The molecule has 6 rings (SSSR count). The van der Waals surface area contributed by atoms with Crippen molar-refractivity contribution in [3.05, 3.63) is 72.4 Å². The predicted molar refractivity (Wildman–Crippen MR) is 155 cm³/mol. The zero-order valence-electron chi connectivity index (χ0n) is 22.1. The zero-order chi connectivity index (χ0) is 26.8. The van der Waals surface area contributed by atoms with Gasteiger partial charge >= 0.3 is 0 Å². The lowest BCUT2D eigenvalue weighted by molar-refractivity contribution is -0.117. The molecule has 8 heteroatoms. The highest BCUT2D eigenvalue weighted by Crippen LogP contribution is 2.35. The number of nitrogens with zero attached hydrogens (tertiary/aromatic N) is 1. The second kappa shape index (κ2) is 11.3. The maximum Gasteiger partial charge on any atom is 0.225 e. The van der Waals surface area contributed by atoms with Crippen molar-refractivity contribution in [2.45, 2.75) is 61.8 Å². The van der Waals surface area contributed by atoms with E-state index in [-0.39, 0.29) is 5.91 Å². The van der Waals surface area contributed by atoms with Crippen LogP contribution in [0, 0.1) is 5.92 Å². The van der Waals surface area contributed by atoms with E-state index in [0.717, 1.165) is 66.3 Å². The summed E-state index contributed by atoms with van der Waals surface area (Å²) in [7, 11) is -0.892. The number of nitrogens with one attached hydrogen (secondary N) is 2. The summed E-state index contributed by atoms with van der Waals surface area (Å²) in [5.41, 5.74) is 11.2. The largest absolute Gasteiger partial charge is 0.377 e. The molecule has 4 N–H and O–H groups in total. The maximum absolute atomic E-state index is 13.0. The average Bonchev–Trinajstić information content (AvgIpc) is 3.79. The Morgan fingerprint density at radius 3 is 2.28 bits per heavy atom. The summed E-state index contributed by atoms with van der Waals surface area (Å²) >= 11 is 0. The minimum Gasteiger partial charge on any atom is -0.377 e. The average molecular weight is 545 g/mol. The quantitative estimate of drug-likeness (QED) is 0.355. The molecule has 39 heavy (non-hydrogen) atoms. The molecular weight excluding hydrogens is 508 g/mol. The van der Waals surface area contributed by atoms with E-state index in [1.807, 2.05) is 30.5 Å². The van der Waals surface area contributed by atoms with Crippen molar-refractivity contribution < 1.29 is 13.7 Å². The summed E-state index contributed by atoms with van der Waals surface area (Å²) in [6.45, 7) is 1.08. The van der Waals surface area contributed by atoms with Gasteiger partial charge in [-0.25, -0.2) is 13.9 Å². The van der Waals surface area contributed by atoms with Gasteiger partial charge in [-0.15, -0.1) is 0 Å². The number of anilines is 1. The molecule has 0 radical (unpaired) electrons. The molecule has 2 heterocycles. The van der Waals surface area contributed by atoms with Gasteiger partial charge in [-0.2, -0.15) is 0 Å². The highest BCUT2D eigenvalue weighted by Gasteiger charge is 2.36. The SMILES string of the molecule is NC1(c2ccc(-c3cnc(NC(=O)CC4CCC(NS(=O)C5CC5)CC4)cc3-c3ccccc3)cc2)COC1. The van der Waals surface area contributed by atoms with Crippen molar-refractivity contribution in [3.8, 4) is 22.3 Å². The predicted octanol–water partition coefficient (Wildman–Crippen LogP) is 4.90. The van der Waals surface area contributed by atoms with E-state index in [4.69, 9.17) is 10.5 Å². The van der Waals surface area contributed by atoms with Crippen LogP contribution in [0.5, 0.6) is 0 Å². The monoisotopic (exact) mass is 544 g/mol. The molecule has 1 unspecified atom stereocenters. The van der Waals surface area contributed by atoms with Crippen molar-refractivity contribution in [1.82, 2.24) is 9.71 Å². The van der Waals surface area contributed by atoms with Gasteiger partial charge in [0.15, 0.2) is 0 Å². The van der Waals surface area contributed by atoms with Gasteiger partial charge in [0.05, 0.1) is 29.7 Å². The number of rotatable bonds is 9. The Labute approximate surface area is 232 Å². The van der Waals surface area contributed by atoms with Crippen LogP contribution in [0.25, 0.3) is 22.3 Å². The third kappa shape index (κ3) is 6.14. The van der Waals surface area contributed by atoms with Crippen molar-refractivity contribution >= 4 is 22.7 Å². The second-order valence-corrected chi connectivity index (χ2v) is 12.8. The molecule has 1 atom stereocenters. The van der Waals surface area contributed by atoms with E-state index in [0.29, 0.717) is 42.7 Å². The van der Waals surface area contributed by atoms with Gasteiger partial charge in [0.2, 0.25) is 5.91 Å². The molecule has 1 amide bonds. The van der Waals surface area contributed by atoms with Crippen LogP contribution in [0.4, 0.5) is 5.82 Å². The van der Waals surface area contributed by atoms with Gasteiger partial charge in [0.25, 0.3) is 0 Å². The molecule has 3 aromatic rings. The fourth-order valence-electron chi connectivity index (χ4n) is 5.56. The van der Waals surface area contributed by atoms with Crippen LogP contribution in [-0.4, -0.2) is 39.6 Å². The summed E-state index contributed by atoms with van der Waals surface area (Å²) in [6, 6.07) is 20.7. The van der Waals surface area contributed by atoms with Crippen LogP contribution >= 0.6 is 0 Å². The summed E-state index contributed by atoms with van der Waals surface area (Å²) < 4.78 is 20.8. The lowest BCUT2D eigenvalue weighted by Gasteiger charge is -2.38. The molecular formula is C31H36N4O3S. The first-order chi connectivity index (χ1) is 19.0. The summed E-state index contributed by atoms with van der Waals surface area (Å²) in [5, 5.41) is 3.40. The normalized spacial score (nSPS) is 23.0.